The lowest BCUT2D eigenvalue weighted by atomic mass is 9.64. The van der Waals surface area contributed by atoms with Gasteiger partial charge in [-0.2, -0.15) is 0 Å². The Kier molecular flexibility index (Phi) is 3.03. The highest BCUT2D eigenvalue weighted by molar-refractivity contribution is 4.98. The lowest BCUT2D eigenvalue weighted by Gasteiger charge is -2.47. The van der Waals surface area contributed by atoms with E-state index in [2.05, 4.69) is 26.1 Å². The zero-order valence-electron chi connectivity index (χ0n) is 9.35. The van der Waals surface area contributed by atoms with E-state index in [4.69, 9.17) is 0 Å². The molecule has 0 aromatic heterocycles. The number of rotatable bonds is 2. The SMILES string of the molecule is CNC1(CO)CCC(C)(C)CC1C. The number of nitrogens with one attached hydrogen (secondary N) is 1. The zero-order valence-corrected chi connectivity index (χ0v) is 9.35. The quantitative estimate of drug-likeness (QED) is 0.687. The molecular weight excluding hydrogens is 162 g/mol. The van der Waals surface area contributed by atoms with Crippen LogP contribution in [0.5, 0.6) is 0 Å². The van der Waals surface area contributed by atoms with Gasteiger partial charge >= 0.3 is 0 Å². The minimum Gasteiger partial charge on any atom is -0.394 e. The Hall–Kier alpha value is -0.0800. The van der Waals surface area contributed by atoms with E-state index in [-0.39, 0.29) is 12.1 Å². The number of likely N-dealkylation sites (N-methyl/N-ethyl adjacent to an activating group) is 1. The summed E-state index contributed by atoms with van der Waals surface area (Å²) in [6, 6.07) is 0. The fraction of sp³-hybridized carbons (Fsp3) is 1.00. The van der Waals surface area contributed by atoms with Gasteiger partial charge in [0, 0.05) is 5.54 Å². The maximum atomic E-state index is 9.42. The van der Waals surface area contributed by atoms with Crippen molar-refractivity contribution in [2.75, 3.05) is 13.7 Å². The minimum absolute atomic E-state index is 0.0183. The molecule has 0 saturated heterocycles. The highest BCUT2D eigenvalue weighted by Crippen LogP contribution is 2.43. The summed E-state index contributed by atoms with van der Waals surface area (Å²) in [6.07, 6.45) is 3.50. The Morgan fingerprint density at radius 3 is 2.38 bits per heavy atom. The molecular formula is C11H23NO. The highest BCUT2D eigenvalue weighted by atomic mass is 16.3. The molecule has 2 nitrogen and oxygen atoms in total. The van der Waals surface area contributed by atoms with Crippen LogP contribution in [0.2, 0.25) is 0 Å². The Labute approximate surface area is 81.7 Å². The van der Waals surface area contributed by atoms with E-state index in [9.17, 15) is 5.11 Å². The molecule has 1 fully saturated rings. The van der Waals surface area contributed by atoms with E-state index in [1.165, 1.54) is 12.8 Å². The van der Waals surface area contributed by atoms with Crippen LogP contribution in [0.1, 0.15) is 40.0 Å². The van der Waals surface area contributed by atoms with Gasteiger partial charge < -0.3 is 10.4 Å². The molecule has 2 heteroatoms. The number of aliphatic hydroxyl groups excluding tert-OH is 1. The monoisotopic (exact) mass is 185 g/mol. The molecule has 0 spiro atoms. The second-order valence-corrected chi connectivity index (χ2v) is 5.33. The Morgan fingerprint density at radius 2 is 2.00 bits per heavy atom. The van der Waals surface area contributed by atoms with Crippen molar-refractivity contribution in [1.29, 1.82) is 0 Å². The molecule has 1 saturated carbocycles. The largest absolute Gasteiger partial charge is 0.394 e. The lowest BCUT2D eigenvalue weighted by molar-refractivity contribution is 0.0333. The molecule has 0 amide bonds. The lowest BCUT2D eigenvalue weighted by Crippen LogP contribution is -2.55. The Balaban J connectivity index is 2.72. The van der Waals surface area contributed by atoms with Crippen molar-refractivity contribution in [3.63, 3.8) is 0 Å². The van der Waals surface area contributed by atoms with Gasteiger partial charge in [-0.05, 0) is 37.6 Å². The predicted molar refractivity (Wildman–Crippen MR) is 55.7 cm³/mol. The van der Waals surface area contributed by atoms with E-state index in [0.717, 1.165) is 6.42 Å². The second-order valence-electron chi connectivity index (χ2n) is 5.33. The van der Waals surface area contributed by atoms with Gasteiger partial charge in [0.25, 0.3) is 0 Å². The maximum absolute atomic E-state index is 9.42. The van der Waals surface area contributed by atoms with Crippen LogP contribution in [0.4, 0.5) is 0 Å². The number of hydrogen-bond donors (Lipinski definition) is 2. The van der Waals surface area contributed by atoms with Gasteiger partial charge in [-0.15, -0.1) is 0 Å². The first-order valence-corrected chi connectivity index (χ1v) is 5.25. The predicted octanol–water partition coefficient (Wildman–Crippen LogP) is 1.78. The van der Waals surface area contributed by atoms with Crippen molar-refractivity contribution in [3.05, 3.63) is 0 Å². The zero-order chi connectivity index (χ0) is 10.1. The molecule has 2 N–H and O–H groups in total. The third kappa shape index (κ3) is 2.05. The molecule has 0 aromatic carbocycles. The summed E-state index contributed by atoms with van der Waals surface area (Å²) in [5, 5.41) is 12.7. The van der Waals surface area contributed by atoms with Crippen molar-refractivity contribution >= 4 is 0 Å². The van der Waals surface area contributed by atoms with Crippen LogP contribution in [0.3, 0.4) is 0 Å². The third-order valence-electron chi connectivity index (χ3n) is 3.83. The first-order valence-electron chi connectivity index (χ1n) is 5.25. The van der Waals surface area contributed by atoms with E-state index in [1.54, 1.807) is 0 Å². The molecule has 1 rings (SSSR count). The molecule has 0 radical (unpaired) electrons. The summed E-state index contributed by atoms with van der Waals surface area (Å²) in [4.78, 5) is 0. The van der Waals surface area contributed by atoms with Crippen molar-refractivity contribution in [3.8, 4) is 0 Å². The third-order valence-corrected chi connectivity index (χ3v) is 3.83. The van der Waals surface area contributed by atoms with Crippen LogP contribution in [0.25, 0.3) is 0 Å². The van der Waals surface area contributed by atoms with Crippen molar-refractivity contribution in [2.24, 2.45) is 11.3 Å². The molecule has 0 aromatic rings. The fourth-order valence-corrected chi connectivity index (χ4v) is 2.62. The topological polar surface area (TPSA) is 32.3 Å². The van der Waals surface area contributed by atoms with Crippen molar-refractivity contribution in [2.45, 2.75) is 45.6 Å². The molecule has 0 bridgehead atoms. The van der Waals surface area contributed by atoms with E-state index in [1.807, 2.05) is 7.05 Å². The van der Waals surface area contributed by atoms with Gasteiger partial charge in [0.05, 0.1) is 6.61 Å². The summed E-state index contributed by atoms with van der Waals surface area (Å²) in [5.41, 5.74) is 0.435. The van der Waals surface area contributed by atoms with Crippen molar-refractivity contribution in [1.82, 2.24) is 5.32 Å². The van der Waals surface area contributed by atoms with Gasteiger partial charge in [-0.1, -0.05) is 20.8 Å². The summed E-state index contributed by atoms with van der Waals surface area (Å²) < 4.78 is 0. The molecule has 1 aliphatic rings. The number of hydrogen-bond acceptors (Lipinski definition) is 2. The summed E-state index contributed by atoms with van der Waals surface area (Å²) in [7, 11) is 1.96. The first kappa shape index (κ1) is 11.0. The second kappa shape index (κ2) is 3.58. The summed E-state index contributed by atoms with van der Waals surface area (Å²) in [5.74, 6) is 0.561. The van der Waals surface area contributed by atoms with Crippen LogP contribution >= 0.6 is 0 Å². The smallest absolute Gasteiger partial charge is 0.0615 e. The molecule has 2 atom stereocenters. The van der Waals surface area contributed by atoms with E-state index >= 15 is 0 Å². The minimum atomic E-state index is -0.0183. The van der Waals surface area contributed by atoms with Gasteiger partial charge in [-0.3, -0.25) is 0 Å². The molecule has 0 heterocycles. The molecule has 1 aliphatic carbocycles. The summed E-state index contributed by atoms with van der Waals surface area (Å²) >= 11 is 0. The van der Waals surface area contributed by atoms with E-state index < -0.39 is 0 Å². The first-order chi connectivity index (χ1) is 5.96. The maximum Gasteiger partial charge on any atom is 0.0615 e. The van der Waals surface area contributed by atoms with Crippen molar-refractivity contribution < 1.29 is 5.11 Å². The summed E-state index contributed by atoms with van der Waals surface area (Å²) in [6.45, 7) is 7.15. The fourth-order valence-electron chi connectivity index (χ4n) is 2.62. The molecule has 0 aliphatic heterocycles. The molecule has 2 unspecified atom stereocenters. The molecule has 13 heavy (non-hydrogen) atoms. The Morgan fingerprint density at radius 1 is 1.38 bits per heavy atom. The van der Waals surface area contributed by atoms with Crippen LogP contribution in [-0.4, -0.2) is 24.3 Å². The van der Waals surface area contributed by atoms with Gasteiger partial charge in [-0.25, -0.2) is 0 Å². The van der Waals surface area contributed by atoms with Crippen LogP contribution < -0.4 is 5.32 Å². The average Bonchev–Trinajstić information content (AvgIpc) is 2.05. The Bertz CT molecular complexity index is 173. The highest BCUT2D eigenvalue weighted by Gasteiger charge is 2.42. The normalized spacial score (nSPS) is 39.0. The van der Waals surface area contributed by atoms with Crippen LogP contribution in [0, 0.1) is 11.3 Å². The molecule has 78 valence electrons. The van der Waals surface area contributed by atoms with Crippen LogP contribution in [0.15, 0.2) is 0 Å². The van der Waals surface area contributed by atoms with Crippen LogP contribution in [-0.2, 0) is 0 Å². The number of aliphatic hydroxyl groups is 1. The standard InChI is InChI=1S/C11H23NO/c1-9-7-10(2,3)5-6-11(9,8-13)12-4/h9,12-13H,5-8H2,1-4H3. The van der Waals surface area contributed by atoms with Gasteiger partial charge in [0.1, 0.15) is 0 Å². The van der Waals surface area contributed by atoms with Gasteiger partial charge in [0.2, 0.25) is 0 Å². The van der Waals surface area contributed by atoms with E-state index in [0.29, 0.717) is 11.3 Å². The average molecular weight is 185 g/mol. The van der Waals surface area contributed by atoms with Gasteiger partial charge in [0.15, 0.2) is 0 Å².